The van der Waals surface area contributed by atoms with Crippen LogP contribution in [0, 0.1) is 58.3 Å². The molecule has 8 bridgehead atoms. The number of hydrogen-bond acceptors (Lipinski definition) is 24. The minimum Gasteiger partial charge on any atom is -0.493 e. The number of benzene rings is 8. The predicted molar refractivity (Wildman–Crippen MR) is 539 cm³/mol. The number of fused-ring (bicyclic) bond motifs is 4. The topological polar surface area (TPSA) is 223 Å². The molecule has 4 heterocycles. The van der Waals surface area contributed by atoms with Crippen molar-refractivity contribution < 1.29 is 89.4 Å². The van der Waals surface area contributed by atoms with Crippen LogP contribution in [0.3, 0.4) is 0 Å². The first-order valence-electron chi connectivity index (χ1n) is 46.9. The van der Waals surface area contributed by atoms with E-state index in [2.05, 4.69) is 171 Å². The van der Waals surface area contributed by atoms with Crippen molar-refractivity contribution >= 4 is 126 Å². The molecule has 4 fully saturated rings. The van der Waals surface area contributed by atoms with Crippen molar-refractivity contribution in [2.75, 3.05) is 82.8 Å². The van der Waals surface area contributed by atoms with Gasteiger partial charge < -0.3 is 57.5 Å². The first kappa shape index (κ1) is 101. The van der Waals surface area contributed by atoms with Crippen molar-refractivity contribution in [3.8, 4) is 23.0 Å². The average molecular weight is 2090 g/mol. The molecule has 20 rings (SSSR count). The maximum atomic E-state index is 13.2. The van der Waals surface area contributed by atoms with Gasteiger partial charge in [-0.3, -0.25) is 38.4 Å². The van der Waals surface area contributed by atoms with Gasteiger partial charge in [-0.1, -0.05) is 94.8 Å². The summed E-state index contributed by atoms with van der Waals surface area (Å²) in [5.41, 5.74) is 10.7. The summed E-state index contributed by atoms with van der Waals surface area (Å²) >= 11 is 14.3. The number of ether oxygens (including phenoxy) is 8. The van der Waals surface area contributed by atoms with Crippen molar-refractivity contribution in [1.82, 2.24) is 19.6 Å². The first-order chi connectivity index (χ1) is 66.2. The molecule has 0 radical (unpaired) electrons. The largest absolute Gasteiger partial charge is 0.493 e. The molecule has 8 aliphatic carbocycles. The van der Waals surface area contributed by atoms with Gasteiger partial charge in [-0.05, 0) is 272 Å². The van der Waals surface area contributed by atoms with E-state index in [1.165, 1.54) is 79.6 Å². The zero-order valence-electron chi connectivity index (χ0n) is 80.9. The lowest BCUT2D eigenvalue weighted by Gasteiger charge is -2.59. The van der Waals surface area contributed by atoms with Gasteiger partial charge in [0.1, 0.15) is 23.0 Å². The summed E-state index contributed by atoms with van der Waals surface area (Å²) in [5, 5.41) is 0.0938. The fourth-order valence-corrected chi connectivity index (χ4v) is 31.3. The normalized spacial score (nSPS) is 27.8. The van der Waals surface area contributed by atoms with Gasteiger partial charge in [0.15, 0.2) is 46.2 Å². The second-order valence-corrected chi connectivity index (χ2v) is 45.4. The Morgan fingerprint density at radius 2 is 0.619 bits per heavy atom. The third kappa shape index (κ3) is 18.4. The van der Waals surface area contributed by atoms with E-state index in [9.17, 15) is 51.5 Å². The lowest BCUT2D eigenvalue weighted by atomic mass is 9.53. The SMILES string of the molecule is COC1=C[C@@H]2[C@@H]3[C@H](Sc4ccc(Br)cc4)c4ccc(C)c(OC(C)=O)c4[C@]2(CCN3C)CC1=O.COC1=C[C@@H]2[C@@H]3[C@H](Sc4ccc(C(F)(F)F)cc4)c4ccc(C)c(OC(C)=O)c4[C@]2(CCN3C)CC1=O.COC1=C[C@@H]2[C@@H]3[C@H](Sc4ccccc4Br)c4ccc(C)c(OC(C)=O)c4[C@]2(CCN3C)CC1=O.COC1=C[C@@H]2[C@@H]3[C@H](Sc4ccccc4C)c4ccc(C)c(OC(C)=O)c4[C@]2(CCN3C)CC1=O. The highest BCUT2D eigenvalue weighted by Crippen LogP contribution is 2.69. The van der Waals surface area contributed by atoms with Crippen LogP contribution < -0.4 is 18.9 Å². The zero-order valence-corrected chi connectivity index (χ0v) is 87.4. The van der Waals surface area contributed by atoms with E-state index in [1.54, 1.807) is 21.3 Å². The summed E-state index contributed by atoms with van der Waals surface area (Å²) in [4.78, 5) is 115. The molecule has 0 amide bonds. The Morgan fingerprint density at radius 3 is 0.892 bits per heavy atom. The number of alkyl halides is 3. The number of likely N-dealkylation sites (N-methyl/N-ethyl adjacent to an activating group) is 4. The molecule has 4 saturated heterocycles. The number of halogens is 5. The Morgan fingerprint density at radius 1 is 0.353 bits per heavy atom. The smallest absolute Gasteiger partial charge is 0.416 e. The summed E-state index contributed by atoms with van der Waals surface area (Å²) in [6.07, 6.45) is 8.16. The molecule has 8 aromatic rings. The van der Waals surface area contributed by atoms with Crippen LogP contribution in [0.5, 0.6) is 23.0 Å². The first-order valence-corrected chi connectivity index (χ1v) is 52.0. The van der Waals surface area contributed by atoms with E-state index in [0.717, 1.165) is 133 Å². The van der Waals surface area contributed by atoms with Crippen LogP contribution in [-0.2, 0) is 85.1 Å². The van der Waals surface area contributed by atoms with Crippen molar-refractivity contribution in [3.05, 3.63) is 280 Å². The monoisotopic (exact) mass is 2090 g/mol. The number of piperidine rings is 4. The highest BCUT2D eigenvalue weighted by atomic mass is 79.9. The fraction of sp³-hybridized carbons (Fsp3) is 0.418. The Balaban J connectivity index is 0.000000128. The number of rotatable bonds is 16. The number of likely N-dealkylation sites (tertiary alicyclic amines) is 4. The van der Waals surface area contributed by atoms with Crippen molar-refractivity contribution in [3.63, 3.8) is 0 Å². The molecule has 4 aliphatic heterocycles. The summed E-state index contributed by atoms with van der Waals surface area (Å²) in [7, 11) is 14.8. The molecular weight excluding hydrogens is 1980 g/mol. The van der Waals surface area contributed by atoms with Gasteiger partial charge in [0.2, 0.25) is 0 Å². The Hall–Kier alpha value is -9.53. The minimum absolute atomic E-state index is 0.0141. The van der Waals surface area contributed by atoms with Crippen LogP contribution in [-0.4, -0.2) is 174 Å². The number of carbonyl (C=O) groups excluding carboxylic acids is 8. The summed E-state index contributed by atoms with van der Waals surface area (Å²) in [5.74, 6) is 2.61. The highest BCUT2D eigenvalue weighted by molar-refractivity contribution is 9.10. The van der Waals surface area contributed by atoms with Crippen molar-refractivity contribution in [2.45, 2.75) is 206 Å². The van der Waals surface area contributed by atoms with Crippen LogP contribution in [0.4, 0.5) is 13.2 Å². The number of aryl methyl sites for hydroxylation is 5. The van der Waals surface area contributed by atoms with Gasteiger partial charge >= 0.3 is 30.1 Å². The van der Waals surface area contributed by atoms with E-state index in [1.807, 2.05) is 125 Å². The number of nitrogens with zero attached hydrogens (tertiary/aromatic N) is 4. The maximum Gasteiger partial charge on any atom is 0.416 e. The number of allylic oxidation sites excluding steroid dienone is 4. The Bertz CT molecular complexity index is 6240. The van der Waals surface area contributed by atoms with Crippen LogP contribution in [0.1, 0.15) is 178 Å². The molecule has 12 aliphatic rings. The molecule has 730 valence electrons. The molecular formula is C110H115Br2F3N4O16S4. The fourth-order valence-electron chi connectivity index (χ4n) is 24.7. The van der Waals surface area contributed by atoms with E-state index in [0.29, 0.717) is 76.6 Å². The molecule has 20 nitrogen and oxygen atoms in total. The number of carbonyl (C=O) groups is 8. The Labute approximate surface area is 844 Å². The number of ketones is 4. The molecule has 0 unspecified atom stereocenters. The lowest BCUT2D eigenvalue weighted by molar-refractivity contribution is -0.138. The van der Waals surface area contributed by atoms with E-state index in [4.69, 9.17) is 37.9 Å². The molecule has 0 N–H and O–H groups in total. The second-order valence-electron chi connectivity index (χ2n) is 38.9. The molecule has 29 heteroatoms. The van der Waals surface area contributed by atoms with Gasteiger partial charge in [0, 0.05) is 174 Å². The number of esters is 4. The summed E-state index contributed by atoms with van der Waals surface area (Å²) < 4.78 is 87.1. The second kappa shape index (κ2) is 40.0. The van der Waals surface area contributed by atoms with E-state index >= 15 is 0 Å². The maximum absolute atomic E-state index is 13.2. The molecule has 8 aromatic carbocycles. The van der Waals surface area contributed by atoms with E-state index < -0.39 is 39.4 Å². The summed E-state index contributed by atoms with van der Waals surface area (Å²) in [6, 6.07) is 47.3. The van der Waals surface area contributed by atoms with Gasteiger partial charge in [-0.25, -0.2) is 0 Å². The summed E-state index contributed by atoms with van der Waals surface area (Å²) in [6.45, 7) is 19.0. The average Bonchev–Trinajstić information content (AvgIpc) is 0.704. The third-order valence-corrected chi connectivity index (χ3v) is 37.9. The quantitative estimate of drug-likeness (QED) is 0.0647. The van der Waals surface area contributed by atoms with Gasteiger partial charge in [0.25, 0.3) is 0 Å². The van der Waals surface area contributed by atoms with Crippen LogP contribution in [0.15, 0.2) is 221 Å². The third-order valence-electron chi connectivity index (χ3n) is 30.9. The predicted octanol–water partition coefficient (Wildman–Crippen LogP) is 22.2. The number of methoxy groups -OCH3 is 4. The lowest BCUT2D eigenvalue weighted by Crippen LogP contribution is -2.61. The van der Waals surface area contributed by atoms with Crippen molar-refractivity contribution in [1.29, 1.82) is 0 Å². The minimum atomic E-state index is -4.41. The van der Waals surface area contributed by atoms with Gasteiger partial charge in [-0.15, -0.1) is 47.0 Å². The number of Topliss-reactive ketones (excluding diaryl/α,β-unsaturated/α-hetero) is 4. The van der Waals surface area contributed by atoms with Crippen molar-refractivity contribution in [2.24, 2.45) is 23.7 Å². The van der Waals surface area contributed by atoms with Crippen LogP contribution >= 0.6 is 78.9 Å². The van der Waals surface area contributed by atoms with E-state index in [-0.39, 0.29) is 116 Å². The molecule has 0 aromatic heterocycles. The number of hydrogen-bond donors (Lipinski definition) is 0. The van der Waals surface area contributed by atoms with Crippen LogP contribution in [0.2, 0.25) is 0 Å². The van der Waals surface area contributed by atoms with Gasteiger partial charge in [0.05, 0.1) is 55.0 Å². The Kier molecular flexibility index (Phi) is 29.1. The molecule has 16 atom stereocenters. The zero-order chi connectivity index (χ0) is 99.3. The standard InChI is InChI=1S/C28H28F3NO4S.C28H31NO4S.2C27H28BrNO4S/c1-15-5-10-19-23(25(15)36-16(2)33)27-11-12-32(3)24(20(27)13-22(35-4)21(34)14-27)26(19)37-18-8-6-17(7-9-18)28(29,30)31;1-16-8-6-7-9-23(16)34-27-19-11-10-17(2)26(33-18(3)30)24(19)28-12-13-29(4)25(27)20(28)14-22(32-5)21(31)15-28;1-15-5-10-19-23(25(15)33-16(2)30)27-11-12-29(3)24(20(27)13-22(32-4)21(31)14-27)26(19)34-18-8-6-17(28)7-9-18;1-15-9-10-17-23(25(15)33-16(2)30)27-11-12-29(3)24(18(27)13-21(32-4)20(31)14-27)26(17)34-22-8-6-5-7-19(22)28/h5-10,13,20,24,26H,11-12,14H2,1-4H3;6-11,14,20,25,27H,12-13,15H2,1-5H3;5-10,13,20,24,26H,11-12,14H2,1-4H3;5-10,13,18,24,26H,11-12,14H2,1-4H3/t20-,24-,26-,27-;20-,25-,27-,28-;20-,24-,26-,27-;18-,24-,26-,27-/m1111/s1. The molecule has 139 heavy (non-hydrogen) atoms. The highest BCUT2D eigenvalue weighted by Gasteiger charge is 2.65. The number of thioether (sulfide) groups is 4. The molecule has 0 spiro atoms. The van der Waals surface area contributed by atoms with Gasteiger partial charge in [-0.2, -0.15) is 13.2 Å². The van der Waals surface area contributed by atoms with Crippen LogP contribution in [0.25, 0.3) is 0 Å². The molecule has 0 saturated carbocycles.